The quantitative estimate of drug-likeness (QED) is 0.473. The largest absolute Gasteiger partial charge is 0.465 e. The van der Waals surface area contributed by atoms with Crippen molar-refractivity contribution in [3.05, 3.63) is 48.0 Å². The number of nitrogens with two attached hydrogens (primary N) is 1. The summed E-state index contributed by atoms with van der Waals surface area (Å²) in [4.78, 5) is 23.4. The van der Waals surface area contributed by atoms with E-state index in [-0.39, 0.29) is 19.0 Å². The number of amides is 1. The summed E-state index contributed by atoms with van der Waals surface area (Å²) in [6, 6.07) is 7.00. The molecule has 0 atom stereocenters. The number of rotatable bonds is 5. The summed E-state index contributed by atoms with van der Waals surface area (Å²) in [7, 11) is 0. The number of carbonyl (C=O) groups is 1. The van der Waals surface area contributed by atoms with Crippen LogP contribution in [0.3, 0.4) is 0 Å². The molecule has 11 heteroatoms. The Labute approximate surface area is 151 Å². The molecule has 1 amide bonds. The Hall–Kier alpha value is -4.02. The third-order valence-electron chi connectivity index (χ3n) is 3.77. The van der Waals surface area contributed by atoms with Crippen molar-refractivity contribution in [3.8, 4) is 11.5 Å². The monoisotopic (exact) mass is 366 g/mol. The summed E-state index contributed by atoms with van der Waals surface area (Å²) >= 11 is 0. The van der Waals surface area contributed by atoms with Crippen LogP contribution in [-0.2, 0) is 13.1 Å². The Morgan fingerprint density at radius 3 is 3.00 bits per heavy atom. The molecular formula is C16H14N8O3. The molecule has 0 saturated carbocycles. The first-order valence-corrected chi connectivity index (χ1v) is 7.91. The number of aromatic nitrogens is 6. The molecule has 0 bridgehead atoms. The summed E-state index contributed by atoms with van der Waals surface area (Å²) in [5.41, 5.74) is 8.65. The number of pyridine rings is 1. The highest BCUT2D eigenvalue weighted by Gasteiger charge is 2.17. The second kappa shape index (κ2) is 6.71. The molecule has 4 rings (SSSR count). The standard InChI is InChI=1S/C16H14N8O3/c17-15-20-12(11-2-1-5-27-11)13-14(21-15)24(23-22-13)8-10-6-9(3-4-18-10)7-19-16(25)26/h1-6,19H,7-8H2,(H,25,26)(H2,17,20,21). The van der Waals surface area contributed by atoms with Crippen LogP contribution in [0.2, 0.25) is 0 Å². The third-order valence-corrected chi connectivity index (χ3v) is 3.77. The van der Waals surface area contributed by atoms with Crippen LogP contribution in [0.1, 0.15) is 11.3 Å². The number of nitrogens with zero attached hydrogens (tertiary/aromatic N) is 6. The molecule has 11 nitrogen and oxygen atoms in total. The van der Waals surface area contributed by atoms with Gasteiger partial charge in [0.15, 0.2) is 16.9 Å². The topological polar surface area (TPSA) is 158 Å². The normalized spacial score (nSPS) is 11.0. The number of fused-ring (bicyclic) bond motifs is 1. The molecule has 4 heterocycles. The number of nitrogen functional groups attached to an aromatic ring is 1. The summed E-state index contributed by atoms with van der Waals surface area (Å²) in [6.07, 6.45) is 2.04. The maximum Gasteiger partial charge on any atom is 0.404 e. The van der Waals surface area contributed by atoms with Crippen LogP contribution in [0.5, 0.6) is 0 Å². The number of hydrogen-bond acceptors (Lipinski definition) is 8. The number of hydrogen-bond donors (Lipinski definition) is 3. The first-order chi connectivity index (χ1) is 13.1. The molecule has 136 valence electrons. The molecule has 0 unspecified atom stereocenters. The van der Waals surface area contributed by atoms with Crippen LogP contribution in [-0.4, -0.2) is 41.1 Å². The van der Waals surface area contributed by atoms with Gasteiger partial charge < -0.3 is 20.6 Å². The number of nitrogens with one attached hydrogen (secondary N) is 1. The second-order valence-electron chi connectivity index (χ2n) is 5.64. The lowest BCUT2D eigenvalue weighted by molar-refractivity contribution is 0.194. The van der Waals surface area contributed by atoms with Crippen molar-refractivity contribution in [1.82, 2.24) is 35.3 Å². The Morgan fingerprint density at radius 2 is 2.22 bits per heavy atom. The SMILES string of the molecule is Nc1nc(-c2ccco2)c2nnn(Cc3cc(CNC(=O)O)ccn3)c2n1. The fourth-order valence-electron chi connectivity index (χ4n) is 2.62. The molecule has 0 spiro atoms. The second-order valence-corrected chi connectivity index (χ2v) is 5.64. The van der Waals surface area contributed by atoms with Gasteiger partial charge in [0.05, 0.1) is 18.5 Å². The van der Waals surface area contributed by atoms with Gasteiger partial charge in [-0.25, -0.2) is 14.5 Å². The van der Waals surface area contributed by atoms with Crippen molar-refractivity contribution in [2.45, 2.75) is 13.1 Å². The van der Waals surface area contributed by atoms with Crippen molar-refractivity contribution in [3.63, 3.8) is 0 Å². The van der Waals surface area contributed by atoms with Crippen molar-refractivity contribution >= 4 is 23.2 Å². The predicted octanol–water partition coefficient (Wildman–Crippen LogP) is 1.27. The molecule has 0 aliphatic rings. The van der Waals surface area contributed by atoms with E-state index in [1.54, 1.807) is 35.1 Å². The maximum absolute atomic E-state index is 10.6. The zero-order valence-electron chi connectivity index (χ0n) is 13.9. The molecule has 0 fully saturated rings. The average Bonchev–Trinajstić information content (AvgIpc) is 3.30. The van der Waals surface area contributed by atoms with E-state index in [4.69, 9.17) is 15.3 Å². The maximum atomic E-state index is 10.6. The average molecular weight is 366 g/mol. The molecule has 4 N–H and O–H groups in total. The van der Waals surface area contributed by atoms with Gasteiger partial charge in [-0.15, -0.1) is 5.10 Å². The van der Waals surface area contributed by atoms with Crippen LogP contribution in [0, 0.1) is 0 Å². The zero-order chi connectivity index (χ0) is 18.8. The minimum atomic E-state index is -1.09. The lowest BCUT2D eigenvalue weighted by Crippen LogP contribution is -2.20. The van der Waals surface area contributed by atoms with E-state index in [1.807, 2.05) is 0 Å². The minimum Gasteiger partial charge on any atom is -0.465 e. The molecule has 0 aromatic carbocycles. The molecule has 0 radical (unpaired) electrons. The lowest BCUT2D eigenvalue weighted by Gasteiger charge is -2.06. The summed E-state index contributed by atoms with van der Waals surface area (Å²) < 4.78 is 6.93. The van der Waals surface area contributed by atoms with Crippen LogP contribution in [0.15, 0.2) is 41.1 Å². The highest BCUT2D eigenvalue weighted by molar-refractivity contribution is 5.85. The minimum absolute atomic E-state index is 0.0739. The van der Waals surface area contributed by atoms with Crippen molar-refractivity contribution in [2.75, 3.05) is 5.73 Å². The fourth-order valence-corrected chi connectivity index (χ4v) is 2.62. The van der Waals surface area contributed by atoms with Gasteiger partial charge in [-0.2, -0.15) is 4.98 Å². The van der Waals surface area contributed by atoms with Crippen LogP contribution >= 0.6 is 0 Å². The van der Waals surface area contributed by atoms with Gasteiger partial charge in [0.1, 0.15) is 5.69 Å². The Kier molecular flexibility index (Phi) is 4.09. The summed E-state index contributed by atoms with van der Waals surface area (Å²) in [5.74, 6) is 0.589. The first-order valence-electron chi connectivity index (χ1n) is 7.91. The van der Waals surface area contributed by atoms with Crippen LogP contribution < -0.4 is 11.1 Å². The highest BCUT2D eigenvalue weighted by atomic mass is 16.4. The van der Waals surface area contributed by atoms with E-state index in [0.717, 1.165) is 5.56 Å². The molecule has 4 aromatic heterocycles. The van der Waals surface area contributed by atoms with E-state index >= 15 is 0 Å². The van der Waals surface area contributed by atoms with Gasteiger partial charge in [0.25, 0.3) is 0 Å². The zero-order valence-corrected chi connectivity index (χ0v) is 13.9. The van der Waals surface area contributed by atoms with Gasteiger partial charge in [0, 0.05) is 12.7 Å². The summed E-state index contributed by atoms with van der Waals surface area (Å²) in [6.45, 7) is 0.464. The van der Waals surface area contributed by atoms with Crippen molar-refractivity contribution < 1.29 is 14.3 Å². The molecular weight excluding hydrogens is 352 g/mol. The number of carboxylic acid groups (broad SMARTS) is 1. The van der Waals surface area contributed by atoms with E-state index in [0.29, 0.717) is 28.3 Å². The highest BCUT2D eigenvalue weighted by Crippen LogP contribution is 2.25. The third kappa shape index (κ3) is 3.38. The Morgan fingerprint density at radius 1 is 1.33 bits per heavy atom. The molecule has 4 aromatic rings. The summed E-state index contributed by atoms with van der Waals surface area (Å²) in [5, 5.41) is 19.3. The van der Waals surface area contributed by atoms with E-state index < -0.39 is 6.09 Å². The fraction of sp³-hybridized carbons (Fsp3) is 0.125. The van der Waals surface area contributed by atoms with Gasteiger partial charge in [0.2, 0.25) is 5.95 Å². The van der Waals surface area contributed by atoms with E-state index in [1.165, 1.54) is 6.26 Å². The lowest BCUT2D eigenvalue weighted by atomic mass is 10.2. The molecule has 27 heavy (non-hydrogen) atoms. The Bertz CT molecular complexity index is 1110. The van der Waals surface area contributed by atoms with E-state index in [2.05, 4.69) is 30.6 Å². The van der Waals surface area contributed by atoms with Gasteiger partial charge in [-0.3, -0.25) is 4.98 Å². The predicted molar refractivity (Wildman–Crippen MR) is 93.4 cm³/mol. The first kappa shape index (κ1) is 16.4. The smallest absolute Gasteiger partial charge is 0.404 e. The Balaban J connectivity index is 1.67. The van der Waals surface area contributed by atoms with Gasteiger partial charge in [-0.1, -0.05) is 5.21 Å². The molecule has 0 saturated heterocycles. The van der Waals surface area contributed by atoms with Crippen LogP contribution in [0.25, 0.3) is 22.6 Å². The molecule has 0 aliphatic carbocycles. The van der Waals surface area contributed by atoms with Crippen molar-refractivity contribution in [1.29, 1.82) is 0 Å². The molecule has 0 aliphatic heterocycles. The van der Waals surface area contributed by atoms with Gasteiger partial charge in [-0.05, 0) is 29.8 Å². The number of furan rings is 1. The number of anilines is 1. The van der Waals surface area contributed by atoms with Gasteiger partial charge >= 0.3 is 6.09 Å². The van der Waals surface area contributed by atoms with Crippen LogP contribution in [0.4, 0.5) is 10.7 Å². The van der Waals surface area contributed by atoms with E-state index in [9.17, 15) is 4.79 Å². The van der Waals surface area contributed by atoms with Crippen molar-refractivity contribution in [2.24, 2.45) is 0 Å².